The maximum atomic E-state index is 12.7. The molecule has 0 saturated carbocycles. The van der Waals surface area contributed by atoms with Crippen LogP contribution in [0.3, 0.4) is 0 Å². The lowest BCUT2D eigenvalue weighted by Crippen LogP contribution is -2.30. The minimum absolute atomic E-state index is 0.111. The SMILES string of the molecule is CC/C=C/CC(O)/C=C/C=C/CCCCCCCC(=O)OC[C@H](COP(=O)(O)OC[C@@H](O)COP(=O)(O)O)OC(=O)CCCCCCCCC/C=C\CCCCCCCC. The quantitative estimate of drug-likeness (QED) is 0.0127. The van der Waals surface area contributed by atoms with Crippen molar-refractivity contribution in [3.05, 3.63) is 48.6 Å². The molecule has 0 aliphatic heterocycles. The average Bonchev–Trinajstić information content (AvgIpc) is 3.20. The highest BCUT2D eigenvalue weighted by molar-refractivity contribution is 7.47. The molecule has 0 saturated heterocycles. The van der Waals surface area contributed by atoms with E-state index in [0.29, 0.717) is 19.3 Å². The van der Waals surface area contributed by atoms with E-state index >= 15 is 0 Å². The van der Waals surface area contributed by atoms with Crippen LogP contribution in [0.5, 0.6) is 0 Å². The second-order valence-electron chi connectivity index (χ2n) is 15.1. The van der Waals surface area contributed by atoms with Crippen molar-refractivity contribution in [3.8, 4) is 0 Å². The summed E-state index contributed by atoms with van der Waals surface area (Å²) in [6.07, 6.45) is 37.1. The molecule has 0 aromatic heterocycles. The summed E-state index contributed by atoms with van der Waals surface area (Å²) in [5.41, 5.74) is 0. The first-order valence-corrected chi connectivity index (χ1v) is 25.5. The number of unbranched alkanes of at least 4 members (excludes halogenated alkanes) is 18. The lowest BCUT2D eigenvalue weighted by atomic mass is 10.1. The molecular formula is C44H80O14P2. The van der Waals surface area contributed by atoms with E-state index < -0.39 is 72.3 Å². The molecule has 0 aromatic rings. The van der Waals surface area contributed by atoms with Gasteiger partial charge in [0, 0.05) is 12.8 Å². The van der Waals surface area contributed by atoms with Gasteiger partial charge in [0.05, 0.1) is 25.9 Å². The Hall–Kier alpha value is -1.96. The summed E-state index contributed by atoms with van der Waals surface area (Å²) in [7, 11) is -9.70. The number of hydrogen-bond donors (Lipinski definition) is 5. The van der Waals surface area contributed by atoms with E-state index in [0.717, 1.165) is 70.6 Å². The highest BCUT2D eigenvalue weighted by Crippen LogP contribution is 2.43. The molecule has 2 unspecified atom stereocenters. The van der Waals surface area contributed by atoms with E-state index in [1.54, 1.807) is 6.08 Å². The Bertz CT molecular complexity index is 1270. The van der Waals surface area contributed by atoms with Crippen molar-refractivity contribution in [2.24, 2.45) is 0 Å². The number of aliphatic hydroxyl groups is 2. The number of phosphoric acid groups is 2. The van der Waals surface area contributed by atoms with Gasteiger partial charge in [0.15, 0.2) is 6.10 Å². The first-order valence-electron chi connectivity index (χ1n) is 22.4. The minimum atomic E-state index is -4.87. The molecule has 0 amide bonds. The van der Waals surface area contributed by atoms with Crippen LogP contribution in [0.4, 0.5) is 0 Å². The summed E-state index contributed by atoms with van der Waals surface area (Å²) < 4.78 is 47.8. The fraction of sp³-hybridized carbons (Fsp3) is 0.773. The predicted octanol–water partition coefficient (Wildman–Crippen LogP) is 10.4. The van der Waals surface area contributed by atoms with Crippen LogP contribution in [0.1, 0.15) is 174 Å². The van der Waals surface area contributed by atoms with Gasteiger partial charge in [-0.15, -0.1) is 0 Å². The molecule has 4 atom stereocenters. The van der Waals surface area contributed by atoms with E-state index in [1.807, 2.05) is 24.3 Å². The molecular weight excluding hydrogens is 814 g/mol. The van der Waals surface area contributed by atoms with Gasteiger partial charge in [-0.2, -0.15) is 0 Å². The fourth-order valence-corrected chi connectivity index (χ4v) is 7.00. The Balaban J connectivity index is 4.56. The third-order valence-electron chi connectivity index (χ3n) is 9.27. The lowest BCUT2D eigenvalue weighted by molar-refractivity contribution is -0.161. The predicted molar refractivity (Wildman–Crippen MR) is 236 cm³/mol. The third kappa shape index (κ3) is 42.7. The van der Waals surface area contributed by atoms with Gasteiger partial charge < -0.3 is 34.4 Å². The minimum Gasteiger partial charge on any atom is -0.462 e. The molecule has 14 nitrogen and oxygen atoms in total. The van der Waals surface area contributed by atoms with Gasteiger partial charge in [-0.3, -0.25) is 23.2 Å². The number of ether oxygens (including phenoxy) is 2. The van der Waals surface area contributed by atoms with Crippen molar-refractivity contribution in [1.82, 2.24) is 0 Å². The van der Waals surface area contributed by atoms with Gasteiger partial charge >= 0.3 is 27.6 Å². The largest absolute Gasteiger partial charge is 0.472 e. The number of esters is 2. The molecule has 0 fully saturated rings. The van der Waals surface area contributed by atoms with Gasteiger partial charge in [-0.25, -0.2) is 9.13 Å². The molecule has 0 aliphatic rings. The van der Waals surface area contributed by atoms with Gasteiger partial charge in [0.1, 0.15) is 12.7 Å². The lowest BCUT2D eigenvalue weighted by Gasteiger charge is -2.20. The molecule has 0 rings (SSSR count). The topological polar surface area (TPSA) is 216 Å². The number of carbonyl (C=O) groups is 2. The molecule has 5 N–H and O–H groups in total. The Labute approximate surface area is 361 Å². The smallest absolute Gasteiger partial charge is 0.462 e. The Morgan fingerprint density at radius 1 is 0.550 bits per heavy atom. The summed E-state index contributed by atoms with van der Waals surface area (Å²) >= 11 is 0. The zero-order valence-corrected chi connectivity index (χ0v) is 38.5. The molecule has 0 aromatic carbocycles. The van der Waals surface area contributed by atoms with Crippen LogP contribution < -0.4 is 0 Å². The molecule has 60 heavy (non-hydrogen) atoms. The van der Waals surface area contributed by atoms with Crippen LogP contribution in [0, 0.1) is 0 Å². The number of allylic oxidation sites excluding steroid dienone is 6. The normalized spacial score (nSPS) is 15.0. The van der Waals surface area contributed by atoms with Crippen LogP contribution in [0.2, 0.25) is 0 Å². The highest BCUT2D eigenvalue weighted by atomic mass is 31.2. The number of aliphatic hydroxyl groups excluding tert-OH is 2. The molecule has 350 valence electrons. The van der Waals surface area contributed by atoms with E-state index in [4.69, 9.17) is 23.8 Å². The van der Waals surface area contributed by atoms with Crippen molar-refractivity contribution in [1.29, 1.82) is 0 Å². The average molecular weight is 895 g/mol. The zero-order chi connectivity index (χ0) is 44.6. The summed E-state index contributed by atoms with van der Waals surface area (Å²) in [6, 6.07) is 0. The van der Waals surface area contributed by atoms with Crippen molar-refractivity contribution in [2.75, 3.05) is 26.4 Å². The number of rotatable bonds is 42. The summed E-state index contributed by atoms with van der Waals surface area (Å²) in [5, 5.41) is 19.6. The molecule has 0 radical (unpaired) electrons. The maximum absolute atomic E-state index is 12.7. The van der Waals surface area contributed by atoms with Crippen LogP contribution in [0.15, 0.2) is 48.6 Å². The van der Waals surface area contributed by atoms with Crippen molar-refractivity contribution in [2.45, 2.75) is 193 Å². The summed E-state index contributed by atoms with van der Waals surface area (Å²) in [5.74, 6) is -1.09. The van der Waals surface area contributed by atoms with Crippen molar-refractivity contribution >= 4 is 27.6 Å². The molecule has 0 spiro atoms. The van der Waals surface area contributed by atoms with Crippen LogP contribution in [-0.2, 0) is 41.8 Å². The highest BCUT2D eigenvalue weighted by Gasteiger charge is 2.28. The number of hydrogen-bond acceptors (Lipinski definition) is 11. The first kappa shape index (κ1) is 58.0. The van der Waals surface area contributed by atoms with Crippen molar-refractivity contribution in [3.63, 3.8) is 0 Å². The second kappa shape index (κ2) is 39.9. The van der Waals surface area contributed by atoms with Crippen LogP contribution >= 0.6 is 15.6 Å². The van der Waals surface area contributed by atoms with Crippen LogP contribution in [-0.4, -0.2) is 81.6 Å². The maximum Gasteiger partial charge on any atom is 0.472 e. The van der Waals surface area contributed by atoms with Gasteiger partial charge in [0.2, 0.25) is 0 Å². The van der Waals surface area contributed by atoms with E-state index in [2.05, 4.69) is 41.1 Å². The second-order valence-corrected chi connectivity index (χ2v) is 17.8. The third-order valence-corrected chi connectivity index (χ3v) is 10.7. The Morgan fingerprint density at radius 2 is 1.05 bits per heavy atom. The molecule has 0 bridgehead atoms. The van der Waals surface area contributed by atoms with Gasteiger partial charge in [0.25, 0.3) is 0 Å². The number of phosphoric ester groups is 2. The zero-order valence-electron chi connectivity index (χ0n) is 36.7. The molecule has 16 heteroatoms. The van der Waals surface area contributed by atoms with Gasteiger partial charge in [-0.1, -0.05) is 146 Å². The van der Waals surface area contributed by atoms with Gasteiger partial charge in [-0.05, 0) is 64.2 Å². The Kier molecular flexibility index (Phi) is 38.6. The molecule has 0 heterocycles. The number of carbonyl (C=O) groups excluding carboxylic acids is 2. The Morgan fingerprint density at radius 3 is 1.62 bits per heavy atom. The monoisotopic (exact) mass is 895 g/mol. The molecule has 0 aliphatic carbocycles. The van der Waals surface area contributed by atoms with E-state index in [1.165, 1.54) is 57.8 Å². The standard InChI is InChI=1S/C44H80O14P2/c1-3-5-7-8-9-10-11-12-13-14-15-16-17-20-24-27-31-35-44(48)58-42(39-57-60(52,53)56-37-41(46)36-55-59(49,50)51)38-54-43(47)34-30-26-23-21-18-19-22-25-29-33-40(45)32-28-6-4-2/h6,12-13,22,25,28-29,33,40-42,45-46H,3-5,7-11,14-21,23-24,26-27,30-32,34-39H2,1-2H3,(H,52,53)(H2,49,50,51)/b13-12-,25-22+,28-6+,33-29+/t40?,41-,42+/m0/s1. The van der Waals surface area contributed by atoms with Crippen molar-refractivity contribution < 1.29 is 66.7 Å². The first-order chi connectivity index (χ1) is 28.8. The summed E-state index contributed by atoms with van der Waals surface area (Å²) in [6.45, 7) is 1.51. The van der Waals surface area contributed by atoms with Crippen LogP contribution in [0.25, 0.3) is 0 Å². The summed E-state index contributed by atoms with van der Waals surface area (Å²) in [4.78, 5) is 52.7. The van der Waals surface area contributed by atoms with E-state index in [9.17, 15) is 33.8 Å². The van der Waals surface area contributed by atoms with E-state index in [-0.39, 0.29) is 12.8 Å². The fourth-order valence-electron chi connectivity index (χ4n) is 5.85.